The number of nitro groups is 1. The number of nitrogens with one attached hydrogen (secondary N) is 2. The van der Waals surface area contributed by atoms with Gasteiger partial charge in [-0.1, -0.05) is 24.3 Å². The molecule has 0 aromatic heterocycles. The van der Waals surface area contributed by atoms with Gasteiger partial charge in [-0.2, -0.15) is 0 Å². The van der Waals surface area contributed by atoms with E-state index in [4.69, 9.17) is 0 Å². The van der Waals surface area contributed by atoms with Crippen LogP contribution < -0.4 is 10.6 Å². The van der Waals surface area contributed by atoms with Gasteiger partial charge in [0.05, 0.1) is 17.5 Å². The van der Waals surface area contributed by atoms with Gasteiger partial charge in [-0.05, 0) is 43.5 Å². The number of nitro benzene ring substituents is 1. The zero-order valence-electron chi connectivity index (χ0n) is 15.1. The van der Waals surface area contributed by atoms with Gasteiger partial charge in [0, 0.05) is 18.7 Å². The fourth-order valence-corrected chi connectivity index (χ4v) is 2.43. The standard InChI is InChI=1S/C19H23FN4O2/c1-4-21-19(22-12-15-6-5-7-17(10-15)24(25)26)23-14(3)16-9-8-13(2)18(20)11-16/h5-11,14H,4,12H2,1-3H3,(H2,21,22,23). The van der Waals surface area contributed by atoms with Crippen LogP contribution in [0.1, 0.15) is 36.6 Å². The Morgan fingerprint density at radius 2 is 2.08 bits per heavy atom. The van der Waals surface area contributed by atoms with Gasteiger partial charge in [-0.3, -0.25) is 10.1 Å². The average Bonchev–Trinajstić information content (AvgIpc) is 2.62. The van der Waals surface area contributed by atoms with E-state index in [1.165, 1.54) is 18.2 Å². The Kier molecular flexibility index (Phi) is 6.66. The molecule has 2 aromatic rings. The Balaban J connectivity index is 2.11. The summed E-state index contributed by atoms with van der Waals surface area (Å²) >= 11 is 0. The maximum Gasteiger partial charge on any atom is 0.269 e. The smallest absolute Gasteiger partial charge is 0.269 e. The van der Waals surface area contributed by atoms with Crippen LogP contribution in [-0.4, -0.2) is 17.4 Å². The molecule has 0 spiro atoms. The first kappa shape index (κ1) is 19.4. The molecule has 0 aliphatic carbocycles. The topological polar surface area (TPSA) is 79.6 Å². The van der Waals surface area contributed by atoms with E-state index in [0.29, 0.717) is 24.6 Å². The molecule has 2 rings (SSSR count). The molecule has 2 N–H and O–H groups in total. The van der Waals surface area contributed by atoms with Gasteiger partial charge in [0.15, 0.2) is 5.96 Å². The first-order valence-corrected chi connectivity index (χ1v) is 8.45. The molecule has 0 heterocycles. The Labute approximate surface area is 152 Å². The maximum atomic E-state index is 13.8. The Morgan fingerprint density at radius 1 is 1.31 bits per heavy atom. The van der Waals surface area contributed by atoms with Crippen LogP contribution in [0.3, 0.4) is 0 Å². The number of halogens is 1. The highest BCUT2D eigenvalue weighted by Crippen LogP contribution is 2.17. The van der Waals surface area contributed by atoms with Crippen molar-refractivity contribution in [2.24, 2.45) is 4.99 Å². The fraction of sp³-hybridized carbons (Fsp3) is 0.316. The minimum atomic E-state index is -0.426. The van der Waals surface area contributed by atoms with Crippen LogP contribution in [0.25, 0.3) is 0 Å². The quantitative estimate of drug-likeness (QED) is 0.356. The van der Waals surface area contributed by atoms with Crippen molar-refractivity contribution in [3.63, 3.8) is 0 Å². The lowest BCUT2D eigenvalue weighted by atomic mass is 10.1. The van der Waals surface area contributed by atoms with Gasteiger partial charge in [0.2, 0.25) is 0 Å². The van der Waals surface area contributed by atoms with Crippen molar-refractivity contribution in [3.8, 4) is 0 Å². The highest BCUT2D eigenvalue weighted by molar-refractivity contribution is 5.80. The second kappa shape index (κ2) is 8.94. The lowest BCUT2D eigenvalue weighted by Crippen LogP contribution is -2.38. The molecule has 0 amide bonds. The first-order valence-electron chi connectivity index (χ1n) is 8.45. The predicted octanol–water partition coefficient (Wildman–Crippen LogP) is 3.86. The van der Waals surface area contributed by atoms with E-state index in [1.54, 1.807) is 25.1 Å². The van der Waals surface area contributed by atoms with Gasteiger partial charge < -0.3 is 10.6 Å². The number of hydrogen-bond donors (Lipinski definition) is 2. The molecule has 26 heavy (non-hydrogen) atoms. The highest BCUT2D eigenvalue weighted by atomic mass is 19.1. The fourth-order valence-electron chi connectivity index (χ4n) is 2.43. The molecule has 0 bridgehead atoms. The van der Waals surface area contributed by atoms with E-state index in [9.17, 15) is 14.5 Å². The Hall–Kier alpha value is -2.96. The van der Waals surface area contributed by atoms with Crippen LogP contribution in [0.4, 0.5) is 10.1 Å². The van der Waals surface area contributed by atoms with Crippen LogP contribution in [0.2, 0.25) is 0 Å². The zero-order valence-corrected chi connectivity index (χ0v) is 15.1. The molecule has 1 unspecified atom stereocenters. The van der Waals surface area contributed by atoms with Crippen LogP contribution in [0, 0.1) is 22.9 Å². The summed E-state index contributed by atoms with van der Waals surface area (Å²) in [6.07, 6.45) is 0. The first-order chi connectivity index (χ1) is 12.4. The van der Waals surface area contributed by atoms with E-state index in [1.807, 2.05) is 19.9 Å². The van der Waals surface area contributed by atoms with E-state index < -0.39 is 4.92 Å². The number of benzene rings is 2. The third-order valence-electron chi connectivity index (χ3n) is 3.93. The third-order valence-corrected chi connectivity index (χ3v) is 3.93. The summed E-state index contributed by atoms with van der Waals surface area (Å²) in [6.45, 7) is 6.55. The van der Waals surface area contributed by atoms with Crippen molar-refractivity contribution >= 4 is 11.6 Å². The van der Waals surface area contributed by atoms with E-state index in [2.05, 4.69) is 15.6 Å². The predicted molar refractivity (Wildman–Crippen MR) is 101 cm³/mol. The van der Waals surface area contributed by atoms with Crippen molar-refractivity contribution in [1.82, 2.24) is 10.6 Å². The number of hydrogen-bond acceptors (Lipinski definition) is 3. The molecule has 0 aliphatic heterocycles. The number of aryl methyl sites for hydroxylation is 1. The Bertz CT molecular complexity index is 808. The largest absolute Gasteiger partial charge is 0.357 e. The van der Waals surface area contributed by atoms with Gasteiger partial charge in [-0.15, -0.1) is 0 Å². The molecular formula is C19H23FN4O2. The highest BCUT2D eigenvalue weighted by Gasteiger charge is 2.10. The molecule has 0 aliphatic rings. The summed E-state index contributed by atoms with van der Waals surface area (Å²) in [5.41, 5.74) is 2.20. The van der Waals surface area contributed by atoms with Crippen molar-refractivity contribution in [3.05, 3.63) is 75.1 Å². The monoisotopic (exact) mass is 358 g/mol. The summed E-state index contributed by atoms with van der Waals surface area (Å²) in [4.78, 5) is 14.9. The molecule has 0 saturated carbocycles. The third kappa shape index (κ3) is 5.27. The van der Waals surface area contributed by atoms with Gasteiger partial charge in [0.1, 0.15) is 5.82 Å². The van der Waals surface area contributed by atoms with Crippen LogP contribution in [0.15, 0.2) is 47.5 Å². The molecule has 138 valence electrons. The molecule has 6 nitrogen and oxygen atoms in total. The summed E-state index contributed by atoms with van der Waals surface area (Å²) in [6, 6.07) is 11.4. The summed E-state index contributed by atoms with van der Waals surface area (Å²) < 4.78 is 13.8. The summed E-state index contributed by atoms with van der Waals surface area (Å²) in [5, 5.41) is 17.2. The second-order valence-electron chi connectivity index (χ2n) is 6.00. The lowest BCUT2D eigenvalue weighted by molar-refractivity contribution is -0.384. The molecule has 0 radical (unpaired) electrons. The van der Waals surface area contributed by atoms with Crippen molar-refractivity contribution in [1.29, 1.82) is 0 Å². The molecule has 2 aromatic carbocycles. The summed E-state index contributed by atoms with van der Waals surface area (Å²) in [5.74, 6) is 0.321. The SMILES string of the molecule is CCNC(=NCc1cccc([N+](=O)[O-])c1)NC(C)c1ccc(C)c(F)c1. The number of rotatable bonds is 6. The zero-order chi connectivity index (χ0) is 19.1. The normalized spacial score (nSPS) is 12.5. The molecule has 7 heteroatoms. The molecule has 0 saturated heterocycles. The number of aliphatic imine (C=N–C) groups is 1. The van der Waals surface area contributed by atoms with Gasteiger partial charge in [0.25, 0.3) is 5.69 Å². The molecule has 1 atom stereocenters. The van der Waals surface area contributed by atoms with E-state index in [0.717, 1.165) is 11.1 Å². The second-order valence-corrected chi connectivity index (χ2v) is 6.00. The van der Waals surface area contributed by atoms with Crippen molar-refractivity contribution in [2.75, 3.05) is 6.54 Å². The lowest BCUT2D eigenvalue weighted by Gasteiger charge is -2.18. The minimum Gasteiger partial charge on any atom is -0.357 e. The van der Waals surface area contributed by atoms with Crippen LogP contribution in [-0.2, 0) is 6.54 Å². The Morgan fingerprint density at radius 3 is 2.73 bits per heavy atom. The molecular weight excluding hydrogens is 335 g/mol. The average molecular weight is 358 g/mol. The number of guanidine groups is 1. The van der Waals surface area contributed by atoms with Crippen molar-refractivity contribution in [2.45, 2.75) is 33.4 Å². The minimum absolute atomic E-state index is 0.0409. The van der Waals surface area contributed by atoms with E-state index >= 15 is 0 Å². The van der Waals surface area contributed by atoms with Crippen LogP contribution >= 0.6 is 0 Å². The van der Waals surface area contributed by atoms with E-state index in [-0.39, 0.29) is 17.5 Å². The van der Waals surface area contributed by atoms with Gasteiger partial charge in [-0.25, -0.2) is 9.38 Å². The summed E-state index contributed by atoms with van der Waals surface area (Å²) in [7, 11) is 0. The number of non-ortho nitro benzene ring substituents is 1. The van der Waals surface area contributed by atoms with Gasteiger partial charge >= 0.3 is 0 Å². The maximum absolute atomic E-state index is 13.8. The van der Waals surface area contributed by atoms with Crippen LogP contribution in [0.5, 0.6) is 0 Å². The molecule has 0 fully saturated rings. The van der Waals surface area contributed by atoms with Crippen molar-refractivity contribution < 1.29 is 9.31 Å². The number of nitrogens with zero attached hydrogens (tertiary/aromatic N) is 2.